The van der Waals surface area contributed by atoms with Crippen molar-refractivity contribution in [3.63, 3.8) is 0 Å². The van der Waals surface area contributed by atoms with Crippen LogP contribution < -0.4 is 20.4 Å². The van der Waals surface area contributed by atoms with Crippen LogP contribution in [0.15, 0.2) is 36.5 Å². The fraction of sp³-hybridized carbons (Fsp3) is 0.500. The molecule has 2 aliphatic rings. The van der Waals surface area contributed by atoms with Gasteiger partial charge in [0.25, 0.3) is 0 Å². The van der Waals surface area contributed by atoms with E-state index in [0.717, 1.165) is 12.0 Å². The number of rotatable bonds is 8. The standard InChI is InChI=1S/C28H36BN5O4/c1-8-34(16-18-9-11-19(36-7)12-10-18)25-24-21(14-23(32-33-24)31-26(35)20-13-17(20)2)22(15-30-25)29-37-27(3,4)28(5,6)38-29/h9-12,14-15,17,20H,8,13,16H2,1-7H3,(H,31,32,35)/t17-,20+/m1/s1/i1D3. The summed E-state index contributed by atoms with van der Waals surface area (Å²) in [4.78, 5) is 19.1. The van der Waals surface area contributed by atoms with Crippen molar-refractivity contribution in [2.24, 2.45) is 11.8 Å². The zero-order chi connectivity index (χ0) is 29.7. The molecule has 0 unspecified atom stereocenters. The van der Waals surface area contributed by atoms with Gasteiger partial charge in [-0.25, -0.2) is 4.98 Å². The number of nitrogens with one attached hydrogen (secondary N) is 1. The molecule has 1 N–H and O–H groups in total. The molecule has 2 fully saturated rings. The van der Waals surface area contributed by atoms with Gasteiger partial charge in [-0.1, -0.05) is 19.1 Å². The fourth-order valence-electron chi connectivity index (χ4n) is 4.55. The molecule has 0 spiro atoms. The van der Waals surface area contributed by atoms with Crippen LogP contribution in [-0.4, -0.2) is 53.1 Å². The third-order valence-corrected chi connectivity index (χ3v) is 7.87. The summed E-state index contributed by atoms with van der Waals surface area (Å²) >= 11 is 0. The van der Waals surface area contributed by atoms with Crippen molar-refractivity contribution in [2.75, 3.05) is 23.9 Å². The minimum absolute atomic E-state index is 0.0395. The van der Waals surface area contributed by atoms with Crippen LogP contribution in [0.2, 0.25) is 0 Å². The normalized spacial score (nSPS) is 22.9. The topological polar surface area (TPSA) is 98.7 Å². The highest BCUT2D eigenvalue weighted by Gasteiger charge is 2.52. The molecule has 2 atom stereocenters. The second-order valence-corrected chi connectivity index (χ2v) is 11.1. The SMILES string of the molecule is [2H]C([2H])([2H])CN(Cc1ccc(OC)cc1)c1ncc(B2OC(C)(C)C(C)(C)O2)c2cc(NC(=O)[C@H]3C[C@H]3C)nnc12. The van der Waals surface area contributed by atoms with Crippen LogP contribution in [0, 0.1) is 11.8 Å². The summed E-state index contributed by atoms with van der Waals surface area (Å²) < 4.78 is 41.9. The van der Waals surface area contributed by atoms with Gasteiger partial charge in [-0.2, -0.15) is 0 Å². The van der Waals surface area contributed by atoms with Gasteiger partial charge in [0.2, 0.25) is 5.91 Å². The molecule has 1 saturated carbocycles. The Hall–Kier alpha value is -3.24. The van der Waals surface area contributed by atoms with Crippen molar-refractivity contribution in [1.29, 1.82) is 0 Å². The third-order valence-electron chi connectivity index (χ3n) is 7.87. The van der Waals surface area contributed by atoms with Crippen LogP contribution in [-0.2, 0) is 20.6 Å². The minimum Gasteiger partial charge on any atom is -0.497 e. The van der Waals surface area contributed by atoms with Gasteiger partial charge in [-0.05, 0) is 70.6 Å². The molecule has 10 heteroatoms. The van der Waals surface area contributed by atoms with Crippen molar-refractivity contribution in [2.45, 2.75) is 65.6 Å². The van der Waals surface area contributed by atoms with Crippen LogP contribution in [0.3, 0.4) is 0 Å². The van der Waals surface area contributed by atoms with Crippen LogP contribution in [0.25, 0.3) is 10.9 Å². The molecule has 1 aliphatic carbocycles. The molecule has 2 aromatic heterocycles. The van der Waals surface area contributed by atoms with E-state index < -0.39 is 25.2 Å². The summed E-state index contributed by atoms with van der Waals surface area (Å²) in [5.41, 5.74) is 0.683. The number of aromatic nitrogens is 3. The number of benzene rings is 1. The second-order valence-electron chi connectivity index (χ2n) is 11.1. The van der Waals surface area contributed by atoms with Gasteiger partial charge < -0.3 is 24.3 Å². The monoisotopic (exact) mass is 520 g/mol. The zero-order valence-electron chi connectivity index (χ0n) is 25.7. The molecule has 1 aromatic carbocycles. The van der Waals surface area contributed by atoms with Gasteiger partial charge in [0.05, 0.1) is 18.3 Å². The maximum absolute atomic E-state index is 12.7. The van der Waals surface area contributed by atoms with Crippen molar-refractivity contribution in [3.8, 4) is 5.75 Å². The van der Waals surface area contributed by atoms with Gasteiger partial charge in [0.1, 0.15) is 11.3 Å². The number of methoxy groups -OCH3 is 1. The van der Waals surface area contributed by atoms with Crippen molar-refractivity contribution < 1.29 is 23.0 Å². The Morgan fingerprint density at radius 2 is 1.89 bits per heavy atom. The molecule has 200 valence electrons. The Morgan fingerprint density at radius 1 is 1.21 bits per heavy atom. The van der Waals surface area contributed by atoms with Crippen molar-refractivity contribution in [3.05, 3.63) is 42.1 Å². The highest BCUT2D eigenvalue weighted by molar-refractivity contribution is 6.65. The van der Waals surface area contributed by atoms with Crippen LogP contribution in [0.5, 0.6) is 5.75 Å². The number of nitrogens with zero attached hydrogens (tertiary/aromatic N) is 4. The van der Waals surface area contributed by atoms with Gasteiger partial charge in [-0.3, -0.25) is 4.79 Å². The fourth-order valence-corrected chi connectivity index (χ4v) is 4.55. The minimum atomic E-state index is -2.27. The van der Waals surface area contributed by atoms with Gasteiger partial charge in [0, 0.05) is 40.2 Å². The molecule has 1 amide bonds. The third kappa shape index (κ3) is 4.95. The Morgan fingerprint density at radius 3 is 2.50 bits per heavy atom. The smallest absolute Gasteiger partial charge is 0.497 e. The largest absolute Gasteiger partial charge is 0.497 e. The van der Waals surface area contributed by atoms with E-state index in [1.165, 1.54) is 0 Å². The predicted octanol–water partition coefficient (Wildman–Crippen LogP) is 3.95. The average Bonchev–Trinajstić information content (AvgIpc) is 3.58. The number of anilines is 2. The zero-order valence-corrected chi connectivity index (χ0v) is 22.7. The summed E-state index contributed by atoms with van der Waals surface area (Å²) in [5.74, 6) is 1.56. The van der Waals surface area contributed by atoms with E-state index in [4.69, 9.17) is 23.1 Å². The number of pyridine rings is 1. The first-order chi connectivity index (χ1) is 19.2. The molecular weight excluding hydrogens is 481 g/mol. The highest BCUT2D eigenvalue weighted by atomic mass is 16.7. The Labute approximate surface area is 228 Å². The van der Waals surface area contributed by atoms with E-state index in [9.17, 15) is 4.79 Å². The Kier molecular flexibility index (Phi) is 5.87. The van der Waals surface area contributed by atoms with Gasteiger partial charge >= 0.3 is 7.12 Å². The van der Waals surface area contributed by atoms with Crippen molar-refractivity contribution >= 4 is 41.0 Å². The molecular formula is C28H36BN5O4. The summed E-state index contributed by atoms with van der Waals surface area (Å²) in [5, 5.41) is 12.3. The summed E-state index contributed by atoms with van der Waals surface area (Å²) in [7, 11) is 0.839. The maximum Gasteiger partial charge on any atom is 0.497 e. The number of hydrogen-bond donors (Lipinski definition) is 1. The first kappa shape index (κ1) is 22.7. The molecule has 1 aliphatic heterocycles. The lowest BCUT2D eigenvalue weighted by Gasteiger charge is -2.32. The van der Waals surface area contributed by atoms with Crippen molar-refractivity contribution in [1.82, 2.24) is 15.2 Å². The molecule has 5 rings (SSSR count). The van der Waals surface area contributed by atoms with E-state index in [-0.39, 0.29) is 24.9 Å². The lowest BCUT2D eigenvalue weighted by atomic mass is 9.78. The molecule has 1 saturated heterocycles. The quantitative estimate of drug-likeness (QED) is 0.446. The number of amides is 1. The van der Waals surface area contributed by atoms with E-state index in [2.05, 4.69) is 15.5 Å². The average molecular weight is 520 g/mol. The number of hydrogen-bond acceptors (Lipinski definition) is 8. The Balaban J connectivity index is 1.59. The summed E-state index contributed by atoms with van der Waals surface area (Å²) in [6, 6.07) is 9.14. The summed E-state index contributed by atoms with van der Waals surface area (Å²) in [6.45, 7) is 7.62. The molecule has 3 heterocycles. The van der Waals surface area contributed by atoms with E-state index >= 15 is 0 Å². The van der Waals surface area contributed by atoms with Crippen LogP contribution in [0.1, 0.15) is 57.6 Å². The number of fused-ring (bicyclic) bond motifs is 1. The first-order valence-electron chi connectivity index (χ1n) is 14.4. The number of ether oxygens (including phenoxy) is 1. The van der Waals surface area contributed by atoms with Gasteiger partial charge in [0.15, 0.2) is 11.6 Å². The number of carbonyl (C=O) groups excluding carboxylic acids is 1. The van der Waals surface area contributed by atoms with Gasteiger partial charge in [-0.15, -0.1) is 10.2 Å². The number of carbonyl (C=O) groups is 1. The van der Waals surface area contributed by atoms with E-state index in [1.54, 1.807) is 24.3 Å². The molecule has 38 heavy (non-hydrogen) atoms. The van der Waals surface area contributed by atoms with Crippen LogP contribution >= 0.6 is 0 Å². The molecule has 0 bridgehead atoms. The highest BCUT2D eigenvalue weighted by Crippen LogP contribution is 2.39. The predicted molar refractivity (Wildman–Crippen MR) is 149 cm³/mol. The van der Waals surface area contributed by atoms with E-state index in [0.29, 0.717) is 39.7 Å². The summed E-state index contributed by atoms with van der Waals surface area (Å²) in [6.07, 6.45) is 2.48. The van der Waals surface area contributed by atoms with Crippen LogP contribution in [0.4, 0.5) is 11.6 Å². The van der Waals surface area contributed by atoms with E-state index in [1.807, 2.05) is 58.9 Å². The molecule has 0 radical (unpaired) electrons. The molecule has 9 nitrogen and oxygen atoms in total. The lowest BCUT2D eigenvalue weighted by molar-refractivity contribution is -0.117. The first-order valence-corrected chi connectivity index (χ1v) is 12.9. The molecule has 3 aromatic rings. The maximum atomic E-state index is 12.7. The Bertz CT molecular complexity index is 1440. The second kappa shape index (κ2) is 9.82. The lowest BCUT2D eigenvalue weighted by Crippen LogP contribution is -2.41.